The number of nitrogens with one attached hydrogen (secondary N) is 1. The van der Waals surface area contributed by atoms with Crippen LogP contribution in [0.5, 0.6) is 0 Å². The lowest BCUT2D eigenvalue weighted by molar-refractivity contribution is 0.0592. The van der Waals surface area contributed by atoms with E-state index in [1.165, 1.54) is 0 Å². The fourth-order valence-corrected chi connectivity index (χ4v) is 0.637. The van der Waals surface area contributed by atoms with Crippen LogP contribution in [0.15, 0.2) is 10.9 Å². The maximum atomic E-state index is 12.4. The molecule has 0 aliphatic heterocycles. The Morgan fingerprint density at radius 1 is 1.75 bits per heavy atom. The van der Waals surface area contributed by atoms with Crippen LogP contribution in [0.25, 0.3) is 0 Å². The predicted molar refractivity (Wildman–Crippen MR) is 36.2 cm³/mol. The molecule has 6 heteroatoms. The van der Waals surface area contributed by atoms with E-state index in [-0.39, 0.29) is 5.69 Å². The molecule has 0 bridgehead atoms. The molecule has 1 aromatic heterocycles. The number of carbonyl (C=O) groups is 1. The van der Waals surface area contributed by atoms with Crippen molar-refractivity contribution in [3.05, 3.63) is 28.2 Å². The van der Waals surface area contributed by atoms with E-state index in [2.05, 4.69) is 9.72 Å². The van der Waals surface area contributed by atoms with Crippen molar-refractivity contribution in [1.29, 1.82) is 0 Å². The molecule has 0 fully saturated rings. The highest BCUT2D eigenvalue weighted by molar-refractivity contribution is 5.86. The third-order valence-corrected chi connectivity index (χ3v) is 1.11. The second-order valence-corrected chi connectivity index (χ2v) is 1.91. The summed E-state index contributed by atoms with van der Waals surface area (Å²) in [6.07, 6.45) is -1.11. The minimum atomic E-state index is -1.11. The summed E-state index contributed by atoms with van der Waals surface area (Å²) in [5.41, 5.74) is -1.08. The molecule has 0 spiro atoms. The van der Waals surface area contributed by atoms with Crippen LogP contribution in [-0.2, 0) is 4.74 Å². The molecule has 1 rings (SSSR count). The van der Waals surface area contributed by atoms with E-state index in [4.69, 9.17) is 0 Å². The molecule has 0 saturated heterocycles. The monoisotopic (exact) mass is 172 g/mol. The first-order valence-corrected chi connectivity index (χ1v) is 2.98. The van der Waals surface area contributed by atoms with Gasteiger partial charge in [0.15, 0.2) is 5.69 Å². The summed E-state index contributed by atoms with van der Waals surface area (Å²) >= 11 is 0. The topological polar surface area (TPSA) is 72.1 Å². The number of ether oxygens (including phenoxy) is 1. The molecule has 0 amide bonds. The number of aromatic amines is 1. The zero-order valence-electron chi connectivity index (χ0n) is 6.13. The van der Waals surface area contributed by atoms with Gasteiger partial charge in [-0.05, 0) is 0 Å². The van der Waals surface area contributed by atoms with Crippen LogP contribution in [-0.4, -0.2) is 23.0 Å². The number of esters is 1. The Bertz CT molecular complexity index is 360. The van der Waals surface area contributed by atoms with Crippen molar-refractivity contribution in [2.75, 3.05) is 7.11 Å². The van der Waals surface area contributed by atoms with Crippen LogP contribution >= 0.6 is 0 Å². The Morgan fingerprint density at radius 2 is 2.42 bits per heavy atom. The molecule has 1 aromatic rings. The largest absolute Gasteiger partial charge is 0.464 e. The van der Waals surface area contributed by atoms with E-state index < -0.39 is 17.6 Å². The Kier molecular flexibility index (Phi) is 2.18. The highest BCUT2D eigenvalue weighted by atomic mass is 19.1. The molecule has 5 nitrogen and oxygen atoms in total. The van der Waals surface area contributed by atoms with Gasteiger partial charge >= 0.3 is 5.97 Å². The minimum Gasteiger partial charge on any atom is -0.464 e. The first-order valence-electron chi connectivity index (χ1n) is 2.98. The van der Waals surface area contributed by atoms with Crippen molar-refractivity contribution in [3.8, 4) is 0 Å². The number of hydrogen-bond donors (Lipinski definition) is 1. The quantitative estimate of drug-likeness (QED) is 0.466. The normalized spacial score (nSPS) is 9.50. The molecule has 64 valence electrons. The standard InChI is InChI=1S/C6H5FN2O3/c1-12-5(11)3-2-4(10)9-6(7)8-3/h2H,1H3,(H,8,9,10). The molecule has 1 N–H and O–H groups in total. The van der Waals surface area contributed by atoms with Crippen LogP contribution in [0, 0.1) is 6.08 Å². The average molecular weight is 172 g/mol. The summed E-state index contributed by atoms with van der Waals surface area (Å²) in [5.74, 6) is -0.847. The summed E-state index contributed by atoms with van der Waals surface area (Å²) in [4.78, 5) is 26.2. The van der Waals surface area contributed by atoms with Crippen LogP contribution < -0.4 is 5.56 Å². The van der Waals surface area contributed by atoms with E-state index in [9.17, 15) is 14.0 Å². The Morgan fingerprint density at radius 3 is 2.92 bits per heavy atom. The van der Waals surface area contributed by atoms with Crippen LogP contribution in [0.1, 0.15) is 10.5 Å². The van der Waals surface area contributed by atoms with Gasteiger partial charge in [0.05, 0.1) is 7.11 Å². The number of rotatable bonds is 1. The third-order valence-electron chi connectivity index (χ3n) is 1.11. The molecule has 0 aromatic carbocycles. The van der Waals surface area contributed by atoms with Gasteiger partial charge in [-0.15, -0.1) is 0 Å². The van der Waals surface area contributed by atoms with Crippen LogP contribution in [0.3, 0.4) is 0 Å². The van der Waals surface area contributed by atoms with Gasteiger partial charge in [0.25, 0.3) is 11.6 Å². The van der Waals surface area contributed by atoms with E-state index in [1.807, 2.05) is 0 Å². The average Bonchev–Trinajstić information content (AvgIpc) is 2.01. The SMILES string of the molecule is COC(=O)c1cc(=O)[nH]c(F)n1. The number of carbonyl (C=O) groups excluding carboxylic acids is 1. The predicted octanol–water partition coefficient (Wildman–Crippen LogP) is -0.304. The molecular formula is C6H5FN2O3. The smallest absolute Gasteiger partial charge is 0.357 e. The first-order chi connectivity index (χ1) is 5.63. The van der Waals surface area contributed by atoms with Crippen molar-refractivity contribution in [3.63, 3.8) is 0 Å². The molecule has 12 heavy (non-hydrogen) atoms. The number of H-pyrrole nitrogens is 1. The summed E-state index contributed by atoms with van der Waals surface area (Å²) in [7, 11) is 1.11. The van der Waals surface area contributed by atoms with Crippen molar-refractivity contribution in [1.82, 2.24) is 9.97 Å². The van der Waals surface area contributed by atoms with Crippen molar-refractivity contribution < 1.29 is 13.9 Å². The van der Waals surface area contributed by atoms with Gasteiger partial charge in [0, 0.05) is 6.07 Å². The zero-order chi connectivity index (χ0) is 9.14. The molecule has 0 aliphatic rings. The summed E-state index contributed by atoms with van der Waals surface area (Å²) < 4.78 is 16.6. The third kappa shape index (κ3) is 1.66. The van der Waals surface area contributed by atoms with Gasteiger partial charge in [-0.1, -0.05) is 0 Å². The maximum Gasteiger partial charge on any atom is 0.357 e. The lowest BCUT2D eigenvalue weighted by atomic mass is 10.4. The summed E-state index contributed by atoms with van der Waals surface area (Å²) in [6, 6.07) is 0.856. The van der Waals surface area contributed by atoms with Crippen molar-refractivity contribution in [2.24, 2.45) is 0 Å². The zero-order valence-corrected chi connectivity index (χ0v) is 6.13. The van der Waals surface area contributed by atoms with E-state index in [0.717, 1.165) is 13.2 Å². The number of methoxy groups -OCH3 is 1. The number of aromatic nitrogens is 2. The molecule has 1 heterocycles. The summed E-state index contributed by atoms with van der Waals surface area (Å²) in [6.45, 7) is 0. The molecule has 0 saturated carbocycles. The molecule has 0 unspecified atom stereocenters. The van der Waals surface area contributed by atoms with E-state index in [0.29, 0.717) is 0 Å². The lowest BCUT2D eigenvalue weighted by Crippen LogP contribution is -2.15. The Labute approximate surface area is 66.2 Å². The van der Waals surface area contributed by atoms with Gasteiger partial charge in [0.1, 0.15) is 0 Å². The maximum absolute atomic E-state index is 12.4. The minimum absolute atomic E-state index is 0.348. The van der Waals surface area contributed by atoms with Crippen molar-refractivity contribution in [2.45, 2.75) is 0 Å². The second-order valence-electron chi connectivity index (χ2n) is 1.91. The van der Waals surface area contributed by atoms with Gasteiger partial charge in [0.2, 0.25) is 0 Å². The van der Waals surface area contributed by atoms with Crippen molar-refractivity contribution >= 4 is 5.97 Å². The summed E-state index contributed by atoms with van der Waals surface area (Å²) in [5, 5.41) is 0. The molecule has 0 radical (unpaired) electrons. The molecular weight excluding hydrogens is 167 g/mol. The van der Waals surface area contributed by atoms with E-state index in [1.54, 1.807) is 4.98 Å². The highest BCUT2D eigenvalue weighted by Crippen LogP contribution is 1.92. The van der Waals surface area contributed by atoms with Crippen LogP contribution in [0.2, 0.25) is 0 Å². The van der Waals surface area contributed by atoms with Gasteiger partial charge in [-0.25, -0.2) is 4.79 Å². The van der Waals surface area contributed by atoms with Crippen LogP contribution in [0.4, 0.5) is 4.39 Å². The highest BCUT2D eigenvalue weighted by Gasteiger charge is 2.09. The van der Waals surface area contributed by atoms with Gasteiger partial charge in [-0.2, -0.15) is 9.37 Å². The first kappa shape index (κ1) is 8.38. The fraction of sp³-hybridized carbons (Fsp3) is 0.167. The lowest BCUT2D eigenvalue weighted by Gasteiger charge is -1.95. The Hall–Kier alpha value is -1.72. The second kappa shape index (κ2) is 3.12. The number of nitrogens with zero attached hydrogens (tertiary/aromatic N) is 1. The number of hydrogen-bond acceptors (Lipinski definition) is 4. The molecule has 0 atom stereocenters. The molecule has 0 aliphatic carbocycles. The van der Waals surface area contributed by atoms with Gasteiger partial charge in [-0.3, -0.25) is 9.78 Å². The Balaban J connectivity index is 3.17. The fourth-order valence-electron chi connectivity index (χ4n) is 0.637. The van der Waals surface area contributed by atoms with E-state index >= 15 is 0 Å². The van der Waals surface area contributed by atoms with Gasteiger partial charge < -0.3 is 4.74 Å². The number of halogens is 1.